The van der Waals surface area contributed by atoms with E-state index >= 15 is 0 Å². The fourth-order valence-corrected chi connectivity index (χ4v) is 2.47. The van der Waals surface area contributed by atoms with Gasteiger partial charge in [0, 0.05) is 12.0 Å². The average Bonchev–Trinajstić information content (AvgIpc) is 2.71. The first-order chi connectivity index (χ1) is 9.06. The molecule has 0 aliphatic rings. The molecule has 1 aromatic heterocycles. The maximum absolute atomic E-state index is 12.2. The Morgan fingerprint density at radius 2 is 2.11 bits per heavy atom. The largest absolute Gasteiger partial charge is 0.360 e. The predicted octanol–water partition coefficient (Wildman–Crippen LogP) is 4.59. The lowest BCUT2D eigenvalue weighted by Gasteiger charge is -2.07. The van der Waals surface area contributed by atoms with Gasteiger partial charge in [0.05, 0.1) is 10.6 Å². The Hall–Kier alpha value is -1.61. The van der Waals surface area contributed by atoms with Crippen LogP contribution < -0.4 is 0 Å². The number of halogens is 1. The normalized spacial score (nSPS) is 10.7. The molecule has 0 bridgehead atoms. The van der Waals surface area contributed by atoms with E-state index in [0.717, 1.165) is 17.5 Å². The summed E-state index contributed by atoms with van der Waals surface area (Å²) in [5.41, 5.74) is 2.86. The molecule has 0 amide bonds. The van der Waals surface area contributed by atoms with E-state index in [1.165, 1.54) is 0 Å². The van der Waals surface area contributed by atoms with Crippen LogP contribution in [0.2, 0.25) is 5.02 Å². The van der Waals surface area contributed by atoms with Gasteiger partial charge in [0.25, 0.3) is 0 Å². The molecule has 0 saturated carbocycles. The third-order valence-electron chi connectivity index (χ3n) is 3.08. The van der Waals surface area contributed by atoms with Gasteiger partial charge in [-0.2, -0.15) is 0 Å². The summed E-state index contributed by atoms with van der Waals surface area (Å²) in [6, 6.07) is 5.61. The quantitative estimate of drug-likeness (QED) is 0.767. The molecule has 0 atom stereocenters. The van der Waals surface area contributed by atoms with Gasteiger partial charge in [-0.3, -0.25) is 4.79 Å². The number of carbonyl (C=O) groups is 1. The SMILES string of the molecule is CCCC(=O)c1c(-c2c(C)cccc2Cl)noc1C. The number of Topliss-reactive ketones (excluding diaryl/α,β-unsaturated/α-hetero) is 1. The number of nitrogens with zero attached hydrogens (tertiary/aromatic N) is 1. The molecule has 0 fully saturated rings. The van der Waals surface area contributed by atoms with Gasteiger partial charge in [-0.15, -0.1) is 0 Å². The summed E-state index contributed by atoms with van der Waals surface area (Å²) in [5.74, 6) is 0.600. The summed E-state index contributed by atoms with van der Waals surface area (Å²) >= 11 is 6.23. The van der Waals surface area contributed by atoms with Crippen LogP contribution in [0.1, 0.15) is 41.4 Å². The van der Waals surface area contributed by atoms with E-state index in [1.54, 1.807) is 13.0 Å². The van der Waals surface area contributed by atoms with Crippen molar-refractivity contribution >= 4 is 17.4 Å². The molecule has 4 heteroatoms. The van der Waals surface area contributed by atoms with Gasteiger partial charge in [0.15, 0.2) is 5.78 Å². The molecule has 0 aliphatic heterocycles. The van der Waals surface area contributed by atoms with Crippen LogP contribution in [0.4, 0.5) is 0 Å². The molecular formula is C15H16ClNO2. The molecule has 3 nitrogen and oxygen atoms in total. The van der Waals surface area contributed by atoms with Crippen LogP contribution in [-0.4, -0.2) is 10.9 Å². The summed E-state index contributed by atoms with van der Waals surface area (Å²) in [5, 5.41) is 4.61. The summed E-state index contributed by atoms with van der Waals surface area (Å²) in [7, 11) is 0. The van der Waals surface area contributed by atoms with E-state index in [4.69, 9.17) is 16.1 Å². The van der Waals surface area contributed by atoms with Gasteiger partial charge in [-0.1, -0.05) is 35.8 Å². The number of hydrogen-bond acceptors (Lipinski definition) is 3. The highest BCUT2D eigenvalue weighted by Gasteiger charge is 2.23. The molecular weight excluding hydrogens is 262 g/mol. The lowest BCUT2D eigenvalue weighted by molar-refractivity contribution is 0.0981. The van der Waals surface area contributed by atoms with Crippen molar-refractivity contribution in [2.24, 2.45) is 0 Å². The first-order valence-corrected chi connectivity index (χ1v) is 6.69. The number of carbonyl (C=O) groups excluding carboxylic acids is 1. The summed E-state index contributed by atoms with van der Waals surface area (Å²) < 4.78 is 5.20. The van der Waals surface area contributed by atoms with Crippen LogP contribution in [-0.2, 0) is 0 Å². The summed E-state index contributed by atoms with van der Waals surface area (Å²) in [4.78, 5) is 12.2. The molecule has 0 spiro atoms. The van der Waals surface area contributed by atoms with Gasteiger partial charge < -0.3 is 4.52 Å². The van der Waals surface area contributed by atoms with E-state index in [0.29, 0.717) is 28.5 Å². The zero-order valence-corrected chi connectivity index (χ0v) is 12.0. The van der Waals surface area contributed by atoms with Crippen molar-refractivity contribution in [2.45, 2.75) is 33.6 Å². The van der Waals surface area contributed by atoms with Crippen molar-refractivity contribution in [3.05, 3.63) is 40.1 Å². The Labute approximate surface area is 117 Å². The molecule has 2 rings (SSSR count). The van der Waals surface area contributed by atoms with Crippen molar-refractivity contribution in [3.8, 4) is 11.3 Å². The second-order valence-corrected chi connectivity index (χ2v) is 4.97. The summed E-state index contributed by atoms with van der Waals surface area (Å²) in [6.45, 7) is 5.67. The third kappa shape index (κ3) is 2.56. The topological polar surface area (TPSA) is 43.1 Å². The standard InChI is InChI=1S/C15H16ClNO2/c1-4-6-12(18)14-10(3)19-17-15(14)13-9(2)7-5-8-11(13)16/h5,7-8H,4,6H2,1-3H3. The number of aryl methyl sites for hydroxylation is 2. The number of aromatic nitrogens is 1. The maximum atomic E-state index is 12.2. The van der Waals surface area contributed by atoms with Crippen molar-refractivity contribution in [1.29, 1.82) is 0 Å². The molecule has 1 heterocycles. The van der Waals surface area contributed by atoms with Crippen LogP contribution in [0.15, 0.2) is 22.7 Å². The Bertz CT molecular complexity index is 596. The van der Waals surface area contributed by atoms with Crippen molar-refractivity contribution < 1.29 is 9.32 Å². The monoisotopic (exact) mass is 277 g/mol. The zero-order chi connectivity index (χ0) is 14.0. The molecule has 19 heavy (non-hydrogen) atoms. The smallest absolute Gasteiger partial charge is 0.168 e. The molecule has 0 saturated heterocycles. The second kappa shape index (κ2) is 5.57. The van der Waals surface area contributed by atoms with Gasteiger partial charge in [0.2, 0.25) is 0 Å². The molecule has 0 aliphatic carbocycles. The molecule has 100 valence electrons. The maximum Gasteiger partial charge on any atom is 0.168 e. The molecule has 0 unspecified atom stereocenters. The van der Waals surface area contributed by atoms with Crippen LogP contribution in [0, 0.1) is 13.8 Å². The minimum absolute atomic E-state index is 0.0515. The second-order valence-electron chi connectivity index (χ2n) is 4.57. The average molecular weight is 278 g/mol. The van der Waals surface area contributed by atoms with E-state index in [9.17, 15) is 4.79 Å². The van der Waals surface area contributed by atoms with Gasteiger partial charge >= 0.3 is 0 Å². The molecule has 1 aromatic carbocycles. The zero-order valence-electron chi connectivity index (χ0n) is 11.3. The first-order valence-electron chi connectivity index (χ1n) is 6.31. The van der Waals surface area contributed by atoms with Gasteiger partial charge in [0.1, 0.15) is 11.5 Å². The lowest BCUT2D eigenvalue weighted by Crippen LogP contribution is -2.02. The van der Waals surface area contributed by atoms with Crippen molar-refractivity contribution in [2.75, 3.05) is 0 Å². The van der Waals surface area contributed by atoms with Gasteiger partial charge in [-0.25, -0.2) is 0 Å². The highest BCUT2D eigenvalue weighted by atomic mass is 35.5. The fraction of sp³-hybridized carbons (Fsp3) is 0.333. The Balaban J connectivity index is 2.61. The van der Waals surface area contributed by atoms with Crippen LogP contribution >= 0.6 is 11.6 Å². The van der Waals surface area contributed by atoms with Gasteiger partial charge in [-0.05, 0) is 31.9 Å². The number of benzene rings is 1. The predicted molar refractivity (Wildman–Crippen MR) is 75.7 cm³/mol. The minimum Gasteiger partial charge on any atom is -0.360 e. The van der Waals surface area contributed by atoms with Crippen LogP contribution in [0.3, 0.4) is 0 Å². The van der Waals surface area contributed by atoms with E-state index in [2.05, 4.69) is 5.16 Å². The number of hydrogen-bond donors (Lipinski definition) is 0. The molecule has 0 N–H and O–H groups in total. The first kappa shape index (κ1) is 13.8. The Morgan fingerprint density at radius 3 is 2.74 bits per heavy atom. The highest BCUT2D eigenvalue weighted by Crippen LogP contribution is 2.34. The van der Waals surface area contributed by atoms with Crippen molar-refractivity contribution in [3.63, 3.8) is 0 Å². The number of ketones is 1. The Kier molecular flexibility index (Phi) is 4.05. The van der Waals surface area contributed by atoms with Crippen LogP contribution in [0.25, 0.3) is 11.3 Å². The highest BCUT2D eigenvalue weighted by molar-refractivity contribution is 6.33. The van der Waals surface area contributed by atoms with Crippen LogP contribution in [0.5, 0.6) is 0 Å². The summed E-state index contributed by atoms with van der Waals surface area (Å²) in [6.07, 6.45) is 1.28. The minimum atomic E-state index is 0.0515. The van der Waals surface area contributed by atoms with E-state index in [1.807, 2.05) is 26.0 Å². The third-order valence-corrected chi connectivity index (χ3v) is 3.39. The van der Waals surface area contributed by atoms with E-state index in [-0.39, 0.29) is 5.78 Å². The lowest BCUT2D eigenvalue weighted by atomic mass is 9.97. The molecule has 0 radical (unpaired) electrons. The number of rotatable bonds is 4. The van der Waals surface area contributed by atoms with Crippen molar-refractivity contribution in [1.82, 2.24) is 5.16 Å². The molecule has 2 aromatic rings. The fourth-order valence-electron chi connectivity index (χ4n) is 2.16. The van der Waals surface area contributed by atoms with E-state index < -0.39 is 0 Å². The Morgan fingerprint density at radius 1 is 1.37 bits per heavy atom.